The average Bonchev–Trinajstić information content (AvgIpc) is 2.88. The Labute approximate surface area is 160 Å². The zero-order valence-electron chi connectivity index (χ0n) is 16.0. The maximum absolute atomic E-state index is 12.7. The highest BCUT2D eigenvalue weighted by Crippen LogP contribution is 2.30. The number of hydrogen-bond acceptors (Lipinski definition) is 3. The molecule has 1 aromatic carbocycles. The van der Waals surface area contributed by atoms with E-state index in [1.807, 2.05) is 11.5 Å². The lowest BCUT2D eigenvalue weighted by Gasteiger charge is -2.17. The van der Waals surface area contributed by atoms with Crippen LogP contribution in [0.15, 0.2) is 29.3 Å². The summed E-state index contributed by atoms with van der Waals surface area (Å²) in [5, 5.41) is 0. The van der Waals surface area contributed by atoms with Gasteiger partial charge in [-0.2, -0.15) is 18.2 Å². The first-order valence-electron chi connectivity index (χ1n) is 8.41. The molecule has 0 aliphatic heterocycles. The van der Waals surface area contributed by atoms with Crippen LogP contribution in [-0.4, -0.2) is 24.2 Å². The van der Waals surface area contributed by atoms with E-state index in [-0.39, 0.29) is 11.0 Å². The van der Waals surface area contributed by atoms with Crippen LogP contribution in [0.3, 0.4) is 0 Å². The number of carbonyl (C=O) groups excluding carboxylic acids is 1. The molecule has 2 aromatic rings. The Morgan fingerprint density at radius 2 is 1.78 bits per heavy atom. The van der Waals surface area contributed by atoms with E-state index in [1.54, 1.807) is 7.11 Å². The zero-order valence-corrected chi connectivity index (χ0v) is 16.8. The van der Waals surface area contributed by atoms with Crippen LogP contribution in [-0.2, 0) is 22.9 Å². The molecule has 0 fully saturated rings. The maximum atomic E-state index is 12.7. The number of nitrogens with zero attached hydrogens (tertiary/aromatic N) is 2. The van der Waals surface area contributed by atoms with E-state index in [1.165, 1.54) is 11.3 Å². The molecule has 0 N–H and O–H groups in total. The summed E-state index contributed by atoms with van der Waals surface area (Å²) in [6, 6.07) is 4.09. The van der Waals surface area contributed by atoms with Gasteiger partial charge in [0.05, 0.1) is 12.2 Å². The Morgan fingerprint density at radius 3 is 2.26 bits per heavy atom. The van der Waals surface area contributed by atoms with Crippen LogP contribution in [0.4, 0.5) is 13.2 Å². The summed E-state index contributed by atoms with van der Waals surface area (Å²) in [6.45, 7) is 9.20. The van der Waals surface area contributed by atoms with Gasteiger partial charge in [-0.05, 0) is 36.6 Å². The van der Waals surface area contributed by atoms with E-state index in [4.69, 9.17) is 4.74 Å². The lowest BCUT2D eigenvalue weighted by Crippen LogP contribution is -2.21. The van der Waals surface area contributed by atoms with Gasteiger partial charge in [-0.25, -0.2) is 0 Å². The Morgan fingerprint density at radius 1 is 1.19 bits per heavy atom. The second kappa shape index (κ2) is 7.98. The van der Waals surface area contributed by atoms with E-state index in [0.717, 1.165) is 34.8 Å². The molecule has 0 radical (unpaired) electrons. The highest BCUT2D eigenvalue weighted by atomic mass is 32.1. The number of carbonyl (C=O) groups is 1. The minimum atomic E-state index is -4.44. The molecule has 0 atom stereocenters. The van der Waals surface area contributed by atoms with E-state index in [2.05, 4.69) is 25.8 Å². The molecular formula is C19H23F3N2O2S. The lowest BCUT2D eigenvalue weighted by molar-refractivity contribution is -0.137. The van der Waals surface area contributed by atoms with Gasteiger partial charge < -0.3 is 9.30 Å². The first-order chi connectivity index (χ1) is 12.4. The quantitative estimate of drug-likeness (QED) is 0.755. The Kier molecular flexibility index (Phi) is 6.32. The SMILES string of the molecule is COCCn1c(C)c(C(C)(C)C)sc1=NC(=O)c1ccc(C(F)(F)F)cc1. The number of rotatable bonds is 4. The summed E-state index contributed by atoms with van der Waals surface area (Å²) in [7, 11) is 1.59. The minimum absolute atomic E-state index is 0.115. The summed E-state index contributed by atoms with van der Waals surface area (Å²) >= 11 is 1.41. The average molecular weight is 400 g/mol. The van der Waals surface area contributed by atoms with Crippen LogP contribution in [0, 0.1) is 6.92 Å². The van der Waals surface area contributed by atoms with Crippen LogP contribution in [0.5, 0.6) is 0 Å². The molecule has 0 unspecified atom stereocenters. The van der Waals surface area contributed by atoms with Gasteiger partial charge in [0.25, 0.3) is 5.91 Å². The van der Waals surface area contributed by atoms with Crippen molar-refractivity contribution in [1.82, 2.24) is 4.57 Å². The van der Waals surface area contributed by atoms with Gasteiger partial charge >= 0.3 is 6.18 Å². The van der Waals surface area contributed by atoms with Crippen LogP contribution in [0.25, 0.3) is 0 Å². The van der Waals surface area contributed by atoms with Gasteiger partial charge in [-0.1, -0.05) is 20.8 Å². The third-order valence-corrected chi connectivity index (χ3v) is 5.62. The molecule has 0 spiro atoms. The van der Waals surface area contributed by atoms with Gasteiger partial charge in [0.2, 0.25) is 0 Å². The number of methoxy groups -OCH3 is 1. The van der Waals surface area contributed by atoms with Gasteiger partial charge in [0, 0.05) is 29.8 Å². The monoisotopic (exact) mass is 400 g/mol. The first kappa shape index (κ1) is 21.4. The molecule has 0 aliphatic rings. The van der Waals surface area contributed by atoms with E-state index >= 15 is 0 Å². The number of thiazole rings is 1. The molecule has 1 heterocycles. The second-order valence-corrected chi connectivity index (χ2v) is 8.16. The Bertz CT molecular complexity index is 872. The van der Waals surface area contributed by atoms with Gasteiger partial charge in [0.1, 0.15) is 0 Å². The smallest absolute Gasteiger partial charge is 0.383 e. The van der Waals surface area contributed by atoms with Crippen molar-refractivity contribution in [3.8, 4) is 0 Å². The zero-order chi connectivity index (χ0) is 20.4. The van der Waals surface area contributed by atoms with Gasteiger partial charge in [-0.3, -0.25) is 4.79 Å². The number of benzene rings is 1. The van der Waals surface area contributed by atoms with E-state index in [9.17, 15) is 18.0 Å². The standard InChI is InChI=1S/C19H23F3N2O2S/c1-12-15(18(2,3)4)27-17(24(12)10-11-26-5)23-16(25)13-6-8-14(9-7-13)19(20,21)22/h6-9H,10-11H2,1-5H3. The number of aromatic nitrogens is 1. The normalized spacial score (nSPS) is 13.3. The minimum Gasteiger partial charge on any atom is -0.383 e. The lowest BCUT2D eigenvalue weighted by atomic mass is 9.93. The molecular weight excluding hydrogens is 377 g/mol. The van der Waals surface area contributed by atoms with Crippen molar-refractivity contribution in [2.24, 2.45) is 4.99 Å². The van der Waals surface area contributed by atoms with Crippen LogP contribution < -0.4 is 4.80 Å². The van der Waals surface area contributed by atoms with Crippen LogP contribution in [0.1, 0.15) is 47.3 Å². The first-order valence-corrected chi connectivity index (χ1v) is 9.22. The topological polar surface area (TPSA) is 43.6 Å². The number of amides is 1. The molecule has 148 valence electrons. The third-order valence-electron chi connectivity index (χ3n) is 4.01. The van der Waals surface area contributed by atoms with Gasteiger partial charge in [-0.15, -0.1) is 11.3 Å². The summed E-state index contributed by atoms with van der Waals surface area (Å²) in [4.78, 5) is 18.3. The third kappa shape index (κ3) is 5.07. The predicted molar refractivity (Wildman–Crippen MR) is 99.0 cm³/mol. The molecule has 1 amide bonds. The fourth-order valence-corrected chi connectivity index (χ4v) is 3.88. The summed E-state index contributed by atoms with van der Waals surface area (Å²) in [6.07, 6.45) is -4.44. The highest BCUT2D eigenvalue weighted by molar-refractivity contribution is 7.09. The highest BCUT2D eigenvalue weighted by Gasteiger charge is 2.30. The summed E-state index contributed by atoms with van der Waals surface area (Å²) in [5.41, 5.74) is 0.207. The molecule has 8 heteroatoms. The van der Waals surface area contributed by atoms with Crippen molar-refractivity contribution in [1.29, 1.82) is 0 Å². The molecule has 0 saturated heterocycles. The molecule has 0 bridgehead atoms. The van der Waals surface area contributed by atoms with Crippen molar-refractivity contribution in [3.05, 3.63) is 50.8 Å². The van der Waals surface area contributed by atoms with Crippen molar-refractivity contribution >= 4 is 17.2 Å². The molecule has 0 saturated carbocycles. The summed E-state index contributed by atoms with van der Waals surface area (Å²) in [5.74, 6) is -0.573. The van der Waals surface area contributed by atoms with Gasteiger partial charge in [0.15, 0.2) is 4.80 Å². The largest absolute Gasteiger partial charge is 0.416 e. The fraction of sp³-hybridized carbons (Fsp3) is 0.474. The molecule has 1 aromatic heterocycles. The number of hydrogen-bond donors (Lipinski definition) is 0. The van der Waals surface area contributed by atoms with Crippen molar-refractivity contribution in [2.45, 2.75) is 45.8 Å². The Balaban J connectivity index is 2.46. The number of alkyl halides is 3. The molecule has 2 rings (SSSR count). The number of ether oxygens (including phenoxy) is 1. The van der Waals surface area contributed by atoms with Crippen LogP contribution >= 0.6 is 11.3 Å². The van der Waals surface area contributed by atoms with Crippen LogP contribution in [0.2, 0.25) is 0 Å². The van der Waals surface area contributed by atoms with E-state index < -0.39 is 17.6 Å². The summed E-state index contributed by atoms with van der Waals surface area (Å²) < 4.78 is 45.1. The number of halogens is 3. The second-order valence-electron chi connectivity index (χ2n) is 7.19. The van der Waals surface area contributed by atoms with E-state index in [0.29, 0.717) is 18.0 Å². The molecule has 0 aliphatic carbocycles. The molecule has 27 heavy (non-hydrogen) atoms. The van der Waals surface area contributed by atoms with Crippen molar-refractivity contribution in [3.63, 3.8) is 0 Å². The maximum Gasteiger partial charge on any atom is 0.416 e. The fourth-order valence-electron chi connectivity index (χ4n) is 2.66. The molecule has 4 nitrogen and oxygen atoms in total. The predicted octanol–water partition coefficient (Wildman–Crippen LogP) is 4.56. The Hall–Kier alpha value is -1.93. The van der Waals surface area contributed by atoms with Crippen molar-refractivity contribution < 1.29 is 22.7 Å². The van der Waals surface area contributed by atoms with Crippen molar-refractivity contribution in [2.75, 3.05) is 13.7 Å².